The summed E-state index contributed by atoms with van der Waals surface area (Å²) in [6.07, 6.45) is 0.791. The SMILES string of the molecule is CCc1cc(C#N)c(NC(=O)CN2C(=O)COc3cc(Br)ccc32)s1. The Hall–Kier alpha value is -2.37. The number of thiophene rings is 1. The molecule has 25 heavy (non-hydrogen) atoms. The van der Waals surface area contributed by atoms with Crippen LogP contribution >= 0.6 is 27.3 Å². The van der Waals surface area contributed by atoms with Gasteiger partial charge in [-0.05, 0) is 30.7 Å². The summed E-state index contributed by atoms with van der Waals surface area (Å²) in [5, 5.41) is 12.4. The van der Waals surface area contributed by atoms with Crippen LogP contribution in [-0.4, -0.2) is 25.0 Å². The quantitative estimate of drug-likeness (QED) is 0.823. The van der Waals surface area contributed by atoms with E-state index in [0.717, 1.165) is 15.8 Å². The zero-order valence-electron chi connectivity index (χ0n) is 13.3. The highest BCUT2D eigenvalue weighted by molar-refractivity contribution is 9.10. The summed E-state index contributed by atoms with van der Waals surface area (Å²) in [7, 11) is 0. The van der Waals surface area contributed by atoms with E-state index < -0.39 is 0 Å². The molecule has 0 radical (unpaired) electrons. The van der Waals surface area contributed by atoms with Gasteiger partial charge in [0.05, 0.1) is 11.3 Å². The summed E-state index contributed by atoms with van der Waals surface area (Å²) in [4.78, 5) is 27.0. The Morgan fingerprint density at radius 3 is 3.00 bits per heavy atom. The van der Waals surface area contributed by atoms with Gasteiger partial charge in [-0.25, -0.2) is 0 Å². The highest BCUT2D eigenvalue weighted by Crippen LogP contribution is 2.34. The molecule has 0 atom stereocenters. The molecular weight excluding hydrogens is 406 g/mol. The second-order valence-corrected chi connectivity index (χ2v) is 7.40. The fourth-order valence-electron chi connectivity index (χ4n) is 2.45. The van der Waals surface area contributed by atoms with Gasteiger partial charge in [-0.2, -0.15) is 5.26 Å². The lowest BCUT2D eigenvalue weighted by Gasteiger charge is -2.28. The second-order valence-electron chi connectivity index (χ2n) is 5.35. The van der Waals surface area contributed by atoms with E-state index in [0.29, 0.717) is 22.0 Å². The maximum Gasteiger partial charge on any atom is 0.265 e. The molecule has 1 aliphatic rings. The molecule has 0 saturated carbocycles. The Balaban J connectivity index is 1.78. The Labute approximate surface area is 157 Å². The molecule has 1 N–H and O–H groups in total. The number of benzene rings is 1. The number of rotatable bonds is 4. The molecule has 0 fully saturated rings. The van der Waals surface area contributed by atoms with Gasteiger partial charge in [0.1, 0.15) is 23.4 Å². The molecule has 1 aromatic heterocycles. The molecule has 0 aliphatic carbocycles. The number of carbonyl (C=O) groups is 2. The molecule has 2 aromatic rings. The van der Waals surface area contributed by atoms with Crippen LogP contribution in [0.15, 0.2) is 28.7 Å². The van der Waals surface area contributed by atoms with E-state index in [1.54, 1.807) is 24.3 Å². The lowest BCUT2D eigenvalue weighted by Crippen LogP contribution is -2.43. The van der Waals surface area contributed by atoms with Crippen molar-refractivity contribution >= 4 is 49.8 Å². The fraction of sp³-hybridized carbons (Fsp3) is 0.235. The number of anilines is 2. The largest absolute Gasteiger partial charge is 0.482 e. The molecular formula is C17H14BrN3O3S. The maximum absolute atomic E-state index is 12.4. The van der Waals surface area contributed by atoms with Crippen LogP contribution in [0, 0.1) is 11.3 Å². The average Bonchev–Trinajstić information content (AvgIpc) is 2.99. The van der Waals surface area contributed by atoms with Gasteiger partial charge >= 0.3 is 0 Å². The monoisotopic (exact) mass is 419 g/mol. The standard InChI is InChI=1S/C17H14BrN3O3S/c1-2-12-5-10(7-19)17(25-12)20-15(22)8-21-13-4-3-11(18)6-14(13)24-9-16(21)23/h3-6H,2,8-9H2,1H3,(H,20,22). The first kappa shape index (κ1) is 17.5. The molecule has 2 amide bonds. The molecule has 0 bridgehead atoms. The van der Waals surface area contributed by atoms with E-state index >= 15 is 0 Å². The van der Waals surface area contributed by atoms with Gasteiger partial charge in [0.25, 0.3) is 5.91 Å². The summed E-state index contributed by atoms with van der Waals surface area (Å²) in [5.41, 5.74) is 0.989. The molecule has 3 rings (SSSR count). The smallest absolute Gasteiger partial charge is 0.265 e. The number of nitrogens with one attached hydrogen (secondary N) is 1. The van der Waals surface area contributed by atoms with Crippen LogP contribution in [0.25, 0.3) is 0 Å². The van der Waals surface area contributed by atoms with E-state index in [4.69, 9.17) is 4.74 Å². The van der Waals surface area contributed by atoms with Crippen LogP contribution in [0.2, 0.25) is 0 Å². The van der Waals surface area contributed by atoms with Crippen molar-refractivity contribution in [2.45, 2.75) is 13.3 Å². The number of carbonyl (C=O) groups excluding carboxylic acids is 2. The van der Waals surface area contributed by atoms with Crippen LogP contribution in [0.3, 0.4) is 0 Å². The number of ether oxygens (including phenoxy) is 1. The van der Waals surface area contributed by atoms with Crippen molar-refractivity contribution in [1.82, 2.24) is 0 Å². The van der Waals surface area contributed by atoms with Gasteiger partial charge in [0, 0.05) is 9.35 Å². The van der Waals surface area contributed by atoms with Crippen LogP contribution in [0.1, 0.15) is 17.4 Å². The van der Waals surface area contributed by atoms with Crippen molar-refractivity contribution in [2.75, 3.05) is 23.4 Å². The Morgan fingerprint density at radius 2 is 2.28 bits per heavy atom. The Bertz CT molecular complexity index is 888. The molecule has 128 valence electrons. The highest BCUT2D eigenvalue weighted by Gasteiger charge is 2.27. The van der Waals surface area contributed by atoms with Crippen molar-refractivity contribution in [3.05, 3.63) is 39.2 Å². The third-order valence-corrected chi connectivity index (χ3v) is 5.36. The van der Waals surface area contributed by atoms with Gasteiger partial charge in [-0.15, -0.1) is 11.3 Å². The van der Waals surface area contributed by atoms with Crippen LogP contribution in [0.5, 0.6) is 5.75 Å². The van der Waals surface area contributed by atoms with Crippen molar-refractivity contribution in [1.29, 1.82) is 5.26 Å². The van der Waals surface area contributed by atoms with Crippen molar-refractivity contribution in [2.24, 2.45) is 0 Å². The van der Waals surface area contributed by atoms with Crippen molar-refractivity contribution in [3.63, 3.8) is 0 Å². The first-order valence-corrected chi connectivity index (χ1v) is 9.18. The fourth-order valence-corrected chi connectivity index (χ4v) is 3.76. The van der Waals surface area contributed by atoms with Gasteiger partial charge in [0.15, 0.2) is 6.61 Å². The Kier molecular flexibility index (Phi) is 5.06. The van der Waals surface area contributed by atoms with Gasteiger partial charge in [-0.1, -0.05) is 22.9 Å². The van der Waals surface area contributed by atoms with Crippen molar-refractivity contribution in [3.8, 4) is 11.8 Å². The minimum Gasteiger partial charge on any atom is -0.482 e. The van der Waals surface area contributed by atoms with Crippen LogP contribution < -0.4 is 15.0 Å². The maximum atomic E-state index is 12.4. The second kappa shape index (κ2) is 7.25. The molecule has 0 saturated heterocycles. The molecule has 6 nitrogen and oxygen atoms in total. The first-order valence-electron chi connectivity index (χ1n) is 7.57. The number of fused-ring (bicyclic) bond motifs is 1. The summed E-state index contributed by atoms with van der Waals surface area (Å²) < 4.78 is 6.24. The average molecular weight is 420 g/mol. The predicted octanol–water partition coefficient (Wildman–Crippen LogP) is 3.31. The van der Waals surface area contributed by atoms with Crippen LogP contribution in [-0.2, 0) is 16.0 Å². The summed E-state index contributed by atoms with van der Waals surface area (Å²) in [6, 6.07) is 9.12. The summed E-state index contributed by atoms with van der Waals surface area (Å²) in [5.74, 6) is -0.0973. The van der Waals surface area contributed by atoms with E-state index in [1.165, 1.54) is 16.2 Å². The summed E-state index contributed by atoms with van der Waals surface area (Å²) >= 11 is 4.73. The van der Waals surface area contributed by atoms with Crippen molar-refractivity contribution < 1.29 is 14.3 Å². The van der Waals surface area contributed by atoms with Gasteiger partial charge < -0.3 is 10.1 Å². The predicted molar refractivity (Wildman–Crippen MR) is 99.0 cm³/mol. The van der Waals surface area contributed by atoms with E-state index in [-0.39, 0.29) is 25.0 Å². The molecule has 8 heteroatoms. The van der Waals surface area contributed by atoms with E-state index in [2.05, 4.69) is 27.3 Å². The zero-order valence-corrected chi connectivity index (χ0v) is 15.7. The number of amides is 2. The van der Waals surface area contributed by atoms with E-state index in [9.17, 15) is 14.9 Å². The lowest BCUT2D eigenvalue weighted by atomic mass is 10.2. The Morgan fingerprint density at radius 1 is 1.48 bits per heavy atom. The lowest BCUT2D eigenvalue weighted by molar-refractivity contribution is -0.123. The third-order valence-electron chi connectivity index (χ3n) is 3.67. The third kappa shape index (κ3) is 3.67. The molecule has 1 aliphatic heterocycles. The number of halogens is 1. The molecule has 2 heterocycles. The number of aryl methyl sites for hydroxylation is 1. The highest BCUT2D eigenvalue weighted by atomic mass is 79.9. The first-order chi connectivity index (χ1) is 12.0. The number of nitrogens with zero attached hydrogens (tertiary/aromatic N) is 2. The topological polar surface area (TPSA) is 82.4 Å². The normalized spacial score (nSPS) is 13.0. The minimum absolute atomic E-state index is 0.112. The number of hydrogen-bond acceptors (Lipinski definition) is 5. The molecule has 0 unspecified atom stereocenters. The molecule has 1 aromatic carbocycles. The molecule has 0 spiro atoms. The summed E-state index contributed by atoms with van der Waals surface area (Å²) in [6.45, 7) is 1.74. The van der Waals surface area contributed by atoms with E-state index in [1.807, 2.05) is 6.92 Å². The zero-order chi connectivity index (χ0) is 18.0. The van der Waals surface area contributed by atoms with Gasteiger partial charge in [0.2, 0.25) is 5.91 Å². The number of nitriles is 1. The van der Waals surface area contributed by atoms with Gasteiger partial charge in [-0.3, -0.25) is 14.5 Å². The van der Waals surface area contributed by atoms with Crippen LogP contribution in [0.4, 0.5) is 10.7 Å². The minimum atomic E-state index is -0.356. The number of hydrogen-bond donors (Lipinski definition) is 1.